The maximum absolute atomic E-state index is 14.0. The maximum Gasteiger partial charge on any atom is 0.259 e. The lowest BCUT2D eigenvalue weighted by atomic mass is 10.2. The third kappa shape index (κ3) is 3.55. The molecule has 0 bridgehead atoms. The highest BCUT2D eigenvalue weighted by Crippen LogP contribution is 2.29. The zero-order valence-electron chi connectivity index (χ0n) is 14.3. The van der Waals surface area contributed by atoms with Crippen LogP contribution >= 0.6 is 11.6 Å². The van der Waals surface area contributed by atoms with Gasteiger partial charge in [-0.25, -0.2) is 9.07 Å². The van der Waals surface area contributed by atoms with Gasteiger partial charge < -0.3 is 10.1 Å². The number of anilines is 1. The van der Waals surface area contributed by atoms with Crippen LogP contribution in [0.3, 0.4) is 0 Å². The van der Waals surface area contributed by atoms with E-state index in [-0.39, 0.29) is 11.6 Å². The van der Waals surface area contributed by atoms with E-state index in [9.17, 15) is 9.18 Å². The van der Waals surface area contributed by atoms with Crippen molar-refractivity contribution in [3.63, 3.8) is 0 Å². The number of carbonyl (C=O) groups is 1. The Balaban J connectivity index is 1.90. The molecule has 0 saturated carbocycles. The number of aromatic nitrogens is 2. The van der Waals surface area contributed by atoms with Gasteiger partial charge in [0.1, 0.15) is 17.3 Å². The predicted molar refractivity (Wildman–Crippen MR) is 98.8 cm³/mol. The fourth-order valence-corrected chi connectivity index (χ4v) is 2.72. The molecule has 0 aliphatic carbocycles. The molecule has 5 nitrogen and oxygen atoms in total. The third-order valence-corrected chi connectivity index (χ3v) is 4.06. The van der Waals surface area contributed by atoms with E-state index in [1.54, 1.807) is 43.3 Å². The highest BCUT2D eigenvalue weighted by molar-refractivity contribution is 6.30. The van der Waals surface area contributed by atoms with Gasteiger partial charge in [0, 0.05) is 11.1 Å². The first kappa shape index (κ1) is 17.9. The van der Waals surface area contributed by atoms with Crippen LogP contribution in [0, 0.1) is 12.7 Å². The van der Waals surface area contributed by atoms with Crippen molar-refractivity contribution in [3.05, 3.63) is 70.8 Å². The molecular weight excluding hydrogens is 357 g/mol. The van der Waals surface area contributed by atoms with Crippen LogP contribution in [0.4, 0.5) is 10.1 Å². The van der Waals surface area contributed by atoms with Crippen molar-refractivity contribution in [2.24, 2.45) is 0 Å². The van der Waals surface area contributed by atoms with Gasteiger partial charge in [-0.3, -0.25) is 4.79 Å². The minimum absolute atomic E-state index is 0.283. The maximum atomic E-state index is 14.0. The summed E-state index contributed by atoms with van der Waals surface area (Å²) in [7, 11) is 0. The van der Waals surface area contributed by atoms with E-state index in [0.29, 0.717) is 34.3 Å². The third-order valence-electron chi connectivity index (χ3n) is 3.83. The fourth-order valence-electron chi connectivity index (χ4n) is 2.56. The van der Waals surface area contributed by atoms with Gasteiger partial charge >= 0.3 is 0 Å². The number of nitrogens with zero attached hydrogens (tertiary/aromatic N) is 2. The first-order valence-electron chi connectivity index (χ1n) is 8.04. The SMILES string of the molecule is CCOc1cc(Cl)ccc1NC(=O)c1cnn(-c2ccccc2F)c1C. The van der Waals surface area contributed by atoms with E-state index < -0.39 is 5.82 Å². The summed E-state index contributed by atoms with van der Waals surface area (Å²) >= 11 is 5.98. The number of ether oxygens (including phenoxy) is 1. The zero-order chi connectivity index (χ0) is 18.7. The number of halogens is 2. The quantitative estimate of drug-likeness (QED) is 0.709. The van der Waals surface area contributed by atoms with Crippen LogP contribution in [0.15, 0.2) is 48.7 Å². The number of benzene rings is 2. The van der Waals surface area contributed by atoms with Crippen molar-refractivity contribution in [3.8, 4) is 11.4 Å². The summed E-state index contributed by atoms with van der Waals surface area (Å²) < 4.78 is 20.9. The van der Waals surface area contributed by atoms with Crippen LogP contribution in [0.5, 0.6) is 5.75 Å². The Morgan fingerprint density at radius 3 is 2.81 bits per heavy atom. The van der Waals surface area contributed by atoms with E-state index in [1.165, 1.54) is 16.9 Å². The monoisotopic (exact) mass is 373 g/mol. The van der Waals surface area contributed by atoms with Gasteiger partial charge in [-0.1, -0.05) is 23.7 Å². The lowest BCUT2D eigenvalue weighted by Gasteiger charge is -2.12. The lowest BCUT2D eigenvalue weighted by molar-refractivity contribution is 0.102. The second-order valence-electron chi connectivity index (χ2n) is 5.53. The van der Waals surface area contributed by atoms with Gasteiger partial charge in [-0.2, -0.15) is 5.10 Å². The molecule has 1 heterocycles. The highest BCUT2D eigenvalue weighted by atomic mass is 35.5. The number of carbonyl (C=O) groups excluding carboxylic acids is 1. The molecular formula is C19H17ClFN3O2. The normalized spacial score (nSPS) is 10.6. The molecule has 134 valence electrons. The Bertz CT molecular complexity index is 956. The Hall–Kier alpha value is -2.86. The number of hydrogen-bond acceptors (Lipinski definition) is 3. The van der Waals surface area contributed by atoms with Crippen molar-refractivity contribution >= 4 is 23.2 Å². The smallest absolute Gasteiger partial charge is 0.259 e. The second kappa shape index (κ2) is 7.58. The van der Waals surface area contributed by atoms with Gasteiger partial charge in [-0.15, -0.1) is 0 Å². The number of amides is 1. The molecule has 0 unspecified atom stereocenters. The fraction of sp³-hybridized carbons (Fsp3) is 0.158. The number of para-hydroxylation sites is 1. The van der Waals surface area contributed by atoms with Crippen LogP contribution in [0.2, 0.25) is 5.02 Å². The zero-order valence-corrected chi connectivity index (χ0v) is 15.0. The predicted octanol–water partition coefficient (Wildman–Crippen LogP) is 4.62. The van der Waals surface area contributed by atoms with E-state index >= 15 is 0 Å². The molecule has 1 aromatic heterocycles. The van der Waals surface area contributed by atoms with Crippen LogP contribution < -0.4 is 10.1 Å². The number of rotatable bonds is 5. The molecule has 0 aliphatic heterocycles. The van der Waals surface area contributed by atoms with Crippen molar-refractivity contribution < 1.29 is 13.9 Å². The first-order valence-corrected chi connectivity index (χ1v) is 8.42. The Labute approximate surface area is 155 Å². The van der Waals surface area contributed by atoms with Crippen molar-refractivity contribution in [2.45, 2.75) is 13.8 Å². The van der Waals surface area contributed by atoms with E-state index in [4.69, 9.17) is 16.3 Å². The molecule has 0 fully saturated rings. The van der Waals surface area contributed by atoms with Crippen LogP contribution in [0.25, 0.3) is 5.69 Å². The number of nitrogens with one attached hydrogen (secondary N) is 1. The summed E-state index contributed by atoms with van der Waals surface area (Å²) in [4.78, 5) is 12.7. The molecule has 1 amide bonds. The molecule has 3 rings (SSSR count). The largest absolute Gasteiger partial charge is 0.492 e. The topological polar surface area (TPSA) is 56.1 Å². The van der Waals surface area contributed by atoms with Gasteiger partial charge in [0.15, 0.2) is 0 Å². The highest BCUT2D eigenvalue weighted by Gasteiger charge is 2.18. The lowest BCUT2D eigenvalue weighted by Crippen LogP contribution is -2.14. The van der Waals surface area contributed by atoms with Crippen molar-refractivity contribution in [1.29, 1.82) is 0 Å². The second-order valence-corrected chi connectivity index (χ2v) is 5.97. The minimum atomic E-state index is -0.415. The molecule has 3 aromatic rings. The standard InChI is InChI=1S/C19H17ClFN3O2/c1-3-26-18-10-13(20)8-9-16(18)23-19(25)14-11-22-24(12(14)2)17-7-5-4-6-15(17)21/h4-11H,3H2,1-2H3,(H,23,25). The Morgan fingerprint density at radius 2 is 2.08 bits per heavy atom. The summed E-state index contributed by atoms with van der Waals surface area (Å²) in [5.41, 5.74) is 1.65. The van der Waals surface area contributed by atoms with Gasteiger partial charge in [0.2, 0.25) is 0 Å². The average Bonchev–Trinajstić information content (AvgIpc) is 2.99. The van der Waals surface area contributed by atoms with Crippen LogP contribution in [0.1, 0.15) is 23.0 Å². The first-order chi connectivity index (χ1) is 12.5. The average molecular weight is 374 g/mol. The Kier molecular flexibility index (Phi) is 5.23. The summed E-state index contributed by atoms with van der Waals surface area (Å²) in [5.74, 6) is -0.303. The molecule has 0 spiro atoms. The molecule has 1 N–H and O–H groups in total. The van der Waals surface area contributed by atoms with Gasteiger partial charge in [0.05, 0.1) is 29.7 Å². The van der Waals surface area contributed by atoms with Gasteiger partial charge in [-0.05, 0) is 38.1 Å². The van der Waals surface area contributed by atoms with E-state index in [1.807, 2.05) is 6.92 Å². The van der Waals surface area contributed by atoms with E-state index in [0.717, 1.165) is 0 Å². The minimum Gasteiger partial charge on any atom is -0.492 e. The summed E-state index contributed by atoms with van der Waals surface area (Å²) in [6, 6.07) is 11.2. The van der Waals surface area contributed by atoms with Crippen molar-refractivity contribution in [2.75, 3.05) is 11.9 Å². The van der Waals surface area contributed by atoms with Crippen LogP contribution in [-0.4, -0.2) is 22.3 Å². The Morgan fingerprint density at radius 1 is 1.31 bits per heavy atom. The number of hydrogen-bond donors (Lipinski definition) is 1. The summed E-state index contributed by atoms with van der Waals surface area (Å²) in [5, 5.41) is 7.44. The molecule has 0 atom stereocenters. The molecule has 0 aliphatic rings. The molecule has 0 radical (unpaired) electrons. The van der Waals surface area contributed by atoms with E-state index in [2.05, 4.69) is 10.4 Å². The molecule has 26 heavy (non-hydrogen) atoms. The summed E-state index contributed by atoms with van der Waals surface area (Å²) in [6.07, 6.45) is 1.41. The van der Waals surface area contributed by atoms with Crippen LogP contribution in [-0.2, 0) is 0 Å². The summed E-state index contributed by atoms with van der Waals surface area (Å²) in [6.45, 7) is 3.99. The van der Waals surface area contributed by atoms with Crippen molar-refractivity contribution in [1.82, 2.24) is 9.78 Å². The molecule has 7 heteroatoms. The molecule has 2 aromatic carbocycles. The van der Waals surface area contributed by atoms with Gasteiger partial charge in [0.25, 0.3) is 5.91 Å². The molecule has 0 saturated heterocycles.